The van der Waals surface area contributed by atoms with Crippen molar-refractivity contribution >= 4 is 11.4 Å². The Morgan fingerprint density at radius 2 is 1.11 bits per heavy atom. The van der Waals surface area contributed by atoms with Crippen LogP contribution in [0.4, 0.5) is 11.4 Å². The number of nitro benzene ring substituents is 2. The zero-order valence-corrected chi connectivity index (χ0v) is 9.67. The Balaban J connectivity index is 0.000000218. The molecule has 0 radical (unpaired) electrons. The molecule has 0 aliphatic rings. The van der Waals surface area contributed by atoms with Crippen molar-refractivity contribution in [3.05, 3.63) is 74.8 Å². The first-order valence-electron chi connectivity index (χ1n) is 5.14. The molecule has 19 heavy (non-hydrogen) atoms. The van der Waals surface area contributed by atoms with E-state index in [2.05, 4.69) is 0 Å². The summed E-state index contributed by atoms with van der Waals surface area (Å²) in [5.74, 6) is 0.322. The van der Waals surface area contributed by atoms with Gasteiger partial charge in [0.1, 0.15) is 5.75 Å². The number of benzene rings is 2. The molecule has 0 aliphatic heterocycles. The van der Waals surface area contributed by atoms with Gasteiger partial charge in [-0.25, -0.2) is 0 Å². The van der Waals surface area contributed by atoms with Crippen LogP contribution < -0.4 is 0 Å². The van der Waals surface area contributed by atoms with Crippen LogP contribution in [0, 0.1) is 20.2 Å². The van der Waals surface area contributed by atoms with E-state index >= 15 is 0 Å². The van der Waals surface area contributed by atoms with E-state index in [1.165, 1.54) is 12.1 Å². The molecule has 0 aromatic heterocycles. The highest BCUT2D eigenvalue weighted by Gasteiger charge is 2.21. The van der Waals surface area contributed by atoms with Gasteiger partial charge in [0.05, 0.1) is 9.85 Å². The summed E-state index contributed by atoms with van der Waals surface area (Å²) in [6, 6.07) is 13.7. The van der Waals surface area contributed by atoms with Crippen LogP contribution in [0.2, 0.25) is 0 Å². The van der Waals surface area contributed by atoms with Gasteiger partial charge in [-0.2, -0.15) is 0 Å². The van der Waals surface area contributed by atoms with E-state index in [1.54, 1.807) is 24.3 Å². The fourth-order valence-corrected chi connectivity index (χ4v) is 1.20. The van der Waals surface area contributed by atoms with Crippen molar-refractivity contribution in [2.75, 3.05) is 0 Å². The van der Waals surface area contributed by atoms with Gasteiger partial charge in [0.2, 0.25) is 0 Å². The first kappa shape index (κ1) is 14.1. The lowest BCUT2D eigenvalue weighted by atomic mass is 10.3. The highest BCUT2D eigenvalue weighted by atomic mass is 16.6. The molecule has 0 atom stereocenters. The van der Waals surface area contributed by atoms with Crippen LogP contribution in [0.1, 0.15) is 0 Å². The Bertz CT molecular complexity index is 538. The molecule has 2 rings (SSSR count). The van der Waals surface area contributed by atoms with Crippen molar-refractivity contribution in [1.29, 1.82) is 0 Å². The number of phenolic OH excluding ortho intramolecular Hbond substituents is 1. The fourth-order valence-electron chi connectivity index (χ4n) is 1.20. The van der Waals surface area contributed by atoms with Crippen LogP contribution >= 0.6 is 0 Å². The van der Waals surface area contributed by atoms with Crippen molar-refractivity contribution in [3.8, 4) is 5.75 Å². The molecule has 0 saturated carbocycles. The Kier molecular flexibility index (Phi) is 4.97. The lowest BCUT2D eigenvalue weighted by Gasteiger charge is -1.91. The molecule has 0 saturated heterocycles. The van der Waals surface area contributed by atoms with E-state index in [0.717, 1.165) is 12.1 Å². The fraction of sp³-hybridized carbons (Fsp3) is 0. The van der Waals surface area contributed by atoms with E-state index in [9.17, 15) is 20.2 Å². The van der Waals surface area contributed by atoms with Crippen molar-refractivity contribution in [2.45, 2.75) is 0 Å². The number of para-hydroxylation sites is 3. The van der Waals surface area contributed by atoms with Crippen LogP contribution in [-0.4, -0.2) is 15.0 Å². The highest BCUT2D eigenvalue weighted by molar-refractivity contribution is 5.51. The minimum absolute atomic E-state index is 0.322. The quantitative estimate of drug-likeness (QED) is 0.661. The van der Waals surface area contributed by atoms with E-state index in [4.69, 9.17) is 5.11 Å². The number of rotatable bonds is 2. The lowest BCUT2D eigenvalue weighted by Crippen LogP contribution is -1.95. The average Bonchev–Trinajstić information content (AvgIpc) is 2.40. The Hall–Kier alpha value is -2.96. The second-order valence-corrected chi connectivity index (χ2v) is 3.34. The maximum absolute atomic E-state index is 10.2. The molecule has 2 aromatic rings. The molecule has 0 spiro atoms. The third kappa shape index (κ3) is 4.43. The van der Waals surface area contributed by atoms with E-state index in [0.29, 0.717) is 5.75 Å². The predicted molar refractivity (Wildman–Crippen MR) is 67.9 cm³/mol. The predicted octanol–water partition coefficient (Wildman–Crippen LogP) is 2.90. The van der Waals surface area contributed by atoms with E-state index in [-0.39, 0.29) is 0 Å². The summed E-state index contributed by atoms with van der Waals surface area (Å²) in [5.41, 5.74) is -0.968. The third-order valence-electron chi connectivity index (χ3n) is 2.03. The summed E-state index contributed by atoms with van der Waals surface area (Å²) in [6.45, 7) is 0. The van der Waals surface area contributed by atoms with Gasteiger partial charge in [0.25, 0.3) is 0 Å². The molecule has 0 fully saturated rings. The van der Waals surface area contributed by atoms with Crippen LogP contribution in [0.15, 0.2) is 54.6 Å². The zero-order chi connectivity index (χ0) is 14.3. The Morgan fingerprint density at radius 3 is 1.37 bits per heavy atom. The second-order valence-electron chi connectivity index (χ2n) is 3.34. The molecule has 2 aromatic carbocycles. The molecule has 1 N–H and O–H groups in total. The topological polar surface area (TPSA) is 107 Å². The summed E-state index contributed by atoms with van der Waals surface area (Å²) in [5, 5.41) is 29.1. The van der Waals surface area contributed by atoms with Crippen LogP contribution in [0.25, 0.3) is 0 Å². The summed E-state index contributed by atoms with van der Waals surface area (Å²) in [6.07, 6.45) is 0. The largest absolute Gasteiger partial charge is 0.508 e. The molecule has 98 valence electrons. The summed E-state index contributed by atoms with van der Waals surface area (Å²) in [4.78, 5) is 18.9. The lowest BCUT2D eigenvalue weighted by molar-refractivity contribution is -0.422. The van der Waals surface area contributed by atoms with Gasteiger partial charge in [-0.3, -0.25) is 20.2 Å². The van der Waals surface area contributed by atoms with E-state index in [1.807, 2.05) is 6.07 Å². The minimum Gasteiger partial charge on any atom is -0.508 e. The molecule has 7 heteroatoms. The van der Waals surface area contributed by atoms with Gasteiger partial charge in [0, 0.05) is 12.1 Å². The normalized spacial score (nSPS) is 9.05. The SMILES string of the molecule is O=[N+]([O-])c1ccccc1[N+](=O)[O-].Oc1ccccc1. The molecule has 0 amide bonds. The van der Waals surface area contributed by atoms with Gasteiger partial charge >= 0.3 is 11.4 Å². The molecular formula is C12H10N2O5. The summed E-state index contributed by atoms with van der Waals surface area (Å²) >= 11 is 0. The maximum Gasteiger partial charge on any atom is 0.346 e. The zero-order valence-electron chi connectivity index (χ0n) is 9.67. The highest BCUT2D eigenvalue weighted by Crippen LogP contribution is 2.24. The number of phenols is 1. The minimum atomic E-state index is -0.780. The first-order valence-corrected chi connectivity index (χ1v) is 5.14. The van der Waals surface area contributed by atoms with Crippen LogP contribution in [0.5, 0.6) is 5.75 Å². The third-order valence-corrected chi connectivity index (χ3v) is 2.03. The standard InChI is InChI=1S/C6H4N2O4.C6H6O/c9-7(10)5-3-1-2-4-6(5)8(11)12;7-6-4-2-1-3-5-6/h1-4H;1-5,7H. The van der Waals surface area contributed by atoms with Crippen molar-refractivity contribution in [1.82, 2.24) is 0 Å². The molecule has 0 unspecified atom stereocenters. The number of nitro groups is 2. The van der Waals surface area contributed by atoms with Gasteiger partial charge in [-0.15, -0.1) is 0 Å². The van der Waals surface area contributed by atoms with Gasteiger partial charge in [-0.1, -0.05) is 30.3 Å². The molecule has 0 heterocycles. The maximum atomic E-state index is 10.2. The summed E-state index contributed by atoms with van der Waals surface area (Å²) < 4.78 is 0. The molecule has 0 aliphatic carbocycles. The van der Waals surface area contributed by atoms with E-state index < -0.39 is 21.2 Å². The number of hydrogen-bond donors (Lipinski definition) is 1. The smallest absolute Gasteiger partial charge is 0.346 e. The van der Waals surface area contributed by atoms with Crippen molar-refractivity contribution < 1.29 is 15.0 Å². The number of aromatic hydroxyl groups is 1. The van der Waals surface area contributed by atoms with Gasteiger partial charge in [0.15, 0.2) is 0 Å². The van der Waals surface area contributed by atoms with Crippen LogP contribution in [0.3, 0.4) is 0 Å². The monoisotopic (exact) mass is 262 g/mol. The average molecular weight is 262 g/mol. The van der Waals surface area contributed by atoms with Gasteiger partial charge < -0.3 is 5.11 Å². The Labute approximate surface area is 108 Å². The molecule has 0 bridgehead atoms. The van der Waals surface area contributed by atoms with Crippen LogP contribution in [-0.2, 0) is 0 Å². The van der Waals surface area contributed by atoms with Crippen molar-refractivity contribution in [3.63, 3.8) is 0 Å². The summed E-state index contributed by atoms with van der Waals surface area (Å²) in [7, 11) is 0. The number of nitrogens with zero attached hydrogens (tertiary/aromatic N) is 2. The second kappa shape index (κ2) is 6.70. The number of hydrogen-bond acceptors (Lipinski definition) is 5. The van der Waals surface area contributed by atoms with Gasteiger partial charge in [-0.05, 0) is 12.1 Å². The molecule has 7 nitrogen and oxygen atoms in total. The Morgan fingerprint density at radius 1 is 0.737 bits per heavy atom. The first-order chi connectivity index (χ1) is 9.02. The van der Waals surface area contributed by atoms with Crippen molar-refractivity contribution in [2.24, 2.45) is 0 Å². The molecular weight excluding hydrogens is 252 g/mol.